The number of benzene rings is 1. The predicted octanol–water partition coefficient (Wildman–Crippen LogP) is 2.28. The number of hydrogen-bond donors (Lipinski definition) is 0. The molecule has 0 aliphatic rings. The van der Waals surface area contributed by atoms with Crippen LogP contribution in [0, 0.1) is 12.7 Å². The molecule has 3 nitrogen and oxygen atoms in total. The van der Waals surface area contributed by atoms with Gasteiger partial charge in [-0.15, -0.1) is 0 Å². The lowest BCUT2D eigenvalue weighted by molar-refractivity contribution is 0.370. The van der Waals surface area contributed by atoms with Crippen molar-refractivity contribution >= 4 is 11.0 Å². The van der Waals surface area contributed by atoms with E-state index in [0.29, 0.717) is 5.58 Å². The smallest absolute Gasteiger partial charge is 0.211 e. The van der Waals surface area contributed by atoms with Gasteiger partial charge in [0.25, 0.3) is 0 Å². The van der Waals surface area contributed by atoms with Crippen LogP contribution in [-0.2, 0) is 0 Å². The molecule has 4 heteroatoms. The molecule has 0 aliphatic heterocycles. The fourth-order valence-electron chi connectivity index (χ4n) is 1.27. The fraction of sp³-hybridized carbons (Fsp3) is 0.222. The van der Waals surface area contributed by atoms with Crippen molar-refractivity contribution in [3.8, 4) is 5.75 Å². The van der Waals surface area contributed by atoms with Crippen LogP contribution < -0.4 is 4.74 Å². The van der Waals surface area contributed by atoms with E-state index in [1.165, 1.54) is 13.2 Å². The zero-order valence-corrected chi connectivity index (χ0v) is 7.30. The van der Waals surface area contributed by atoms with Gasteiger partial charge in [-0.1, -0.05) is 5.16 Å². The standard InChI is InChI=1S/C9H8FNO2/c1-5-6-3-4-7(10)9(12-2)8(6)13-11-5/h3-4H,1-2H3. The van der Waals surface area contributed by atoms with Gasteiger partial charge in [-0.25, -0.2) is 4.39 Å². The van der Waals surface area contributed by atoms with E-state index in [1.807, 2.05) is 0 Å². The minimum absolute atomic E-state index is 0.109. The highest BCUT2D eigenvalue weighted by Crippen LogP contribution is 2.29. The third-order valence-electron chi connectivity index (χ3n) is 1.93. The Hall–Kier alpha value is -1.58. The number of methoxy groups -OCH3 is 1. The van der Waals surface area contributed by atoms with E-state index in [2.05, 4.69) is 5.16 Å². The lowest BCUT2D eigenvalue weighted by Gasteiger charge is -1.99. The summed E-state index contributed by atoms with van der Waals surface area (Å²) in [6.07, 6.45) is 0. The third kappa shape index (κ3) is 1.06. The zero-order chi connectivity index (χ0) is 9.42. The molecule has 2 aromatic rings. The van der Waals surface area contributed by atoms with E-state index in [1.54, 1.807) is 13.0 Å². The maximum absolute atomic E-state index is 13.1. The first kappa shape index (κ1) is 8.04. The van der Waals surface area contributed by atoms with Gasteiger partial charge < -0.3 is 9.26 Å². The maximum atomic E-state index is 13.1. The molecule has 0 unspecified atom stereocenters. The summed E-state index contributed by atoms with van der Waals surface area (Å²) >= 11 is 0. The van der Waals surface area contributed by atoms with E-state index in [0.717, 1.165) is 11.1 Å². The van der Waals surface area contributed by atoms with E-state index < -0.39 is 5.82 Å². The van der Waals surface area contributed by atoms with E-state index in [4.69, 9.17) is 9.26 Å². The lowest BCUT2D eigenvalue weighted by atomic mass is 10.2. The monoisotopic (exact) mass is 181 g/mol. The summed E-state index contributed by atoms with van der Waals surface area (Å²) in [6.45, 7) is 1.79. The van der Waals surface area contributed by atoms with Crippen LogP contribution in [0.3, 0.4) is 0 Å². The second-order valence-electron chi connectivity index (χ2n) is 2.73. The largest absolute Gasteiger partial charge is 0.490 e. The number of rotatable bonds is 1. The van der Waals surface area contributed by atoms with Crippen molar-refractivity contribution in [1.29, 1.82) is 0 Å². The zero-order valence-electron chi connectivity index (χ0n) is 7.30. The van der Waals surface area contributed by atoms with Crippen molar-refractivity contribution in [2.45, 2.75) is 6.92 Å². The Kier molecular flexibility index (Phi) is 1.69. The van der Waals surface area contributed by atoms with Crippen molar-refractivity contribution in [1.82, 2.24) is 5.16 Å². The average molecular weight is 181 g/mol. The summed E-state index contributed by atoms with van der Waals surface area (Å²) in [7, 11) is 1.40. The van der Waals surface area contributed by atoms with Gasteiger partial charge in [-0.3, -0.25) is 0 Å². The third-order valence-corrected chi connectivity index (χ3v) is 1.93. The molecule has 0 atom stereocenters. The van der Waals surface area contributed by atoms with Gasteiger partial charge in [0.05, 0.1) is 12.8 Å². The molecule has 0 N–H and O–H groups in total. The van der Waals surface area contributed by atoms with E-state index in [9.17, 15) is 4.39 Å². The minimum Gasteiger partial charge on any atom is -0.490 e. The quantitative estimate of drug-likeness (QED) is 0.677. The molecule has 0 amide bonds. The second-order valence-corrected chi connectivity index (χ2v) is 2.73. The first-order valence-corrected chi connectivity index (χ1v) is 3.82. The van der Waals surface area contributed by atoms with Crippen molar-refractivity contribution in [3.05, 3.63) is 23.6 Å². The van der Waals surface area contributed by atoms with Crippen LogP contribution in [0.2, 0.25) is 0 Å². The van der Waals surface area contributed by atoms with Crippen molar-refractivity contribution in [2.75, 3.05) is 7.11 Å². The van der Waals surface area contributed by atoms with Gasteiger partial charge in [0.15, 0.2) is 5.82 Å². The lowest BCUT2D eigenvalue weighted by Crippen LogP contribution is -1.87. The Morgan fingerprint density at radius 2 is 2.23 bits per heavy atom. The number of fused-ring (bicyclic) bond motifs is 1. The molecule has 13 heavy (non-hydrogen) atoms. The number of aryl methyl sites for hydroxylation is 1. The number of nitrogens with zero attached hydrogens (tertiary/aromatic N) is 1. The normalized spacial score (nSPS) is 10.7. The van der Waals surface area contributed by atoms with Crippen LogP contribution in [0.1, 0.15) is 5.69 Å². The van der Waals surface area contributed by atoms with Crippen LogP contribution in [0.5, 0.6) is 5.75 Å². The number of ether oxygens (including phenoxy) is 1. The molecular formula is C9H8FNO2. The molecule has 0 bridgehead atoms. The van der Waals surface area contributed by atoms with Crippen LogP contribution in [0.15, 0.2) is 16.7 Å². The summed E-state index contributed by atoms with van der Waals surface area (Å²) < 4.78 is 22.9. The molecule has 68 valence electrons. The summed E-state index contributed by atoms with van der Waals surface area (Å²) in [6, 6.07) is 2.96. The average Bonchev–Trinajstić information content (AvgIpc) is 2.48. The molecule has 0 spiro atoms. The molecule has 1 aromatic heterocycles. The van der Waals surface area contributed by atoms with Crippen LogP contribution in [-0.4, -0.2) is 12.3 Å². The van der Waals surface area contributed by atoms with Crippen LogP contribution in [0.4, 0.5) is 4.39 Å². The highest BCUT2D eigenvalue weighted by atomic mass is 19.1. The first-order chi connectivity index (χ1) is 6.24. The van der Waals surface area contributed by atoms with Crippen molar-refractivity contribution < 1.29 is 13.7 Å². The summed E-state index contributed by atoms with van der Waals surface area (Å²) in [4.78, 5) is 0. The summed E-state index contributed by atoms with van der Waals surface area (Å²) in [5, 5.41) is 4.50. The molecular weight excluding hydrogens is 173 g/mol. The van der Waals surface area contributed by atoms with E-state index in [-0.39, 0.29) is 5.75 Å². The Balaban J connectivity index is 2.85. The van der Waals surface area contributed by atoms with Crippen LogP contribution in [0.25, 0.3) is 11.0 Å². The van der Waals surface area contributed by atoms with Gasteiger partial charge in [0.1, 0.15) is 0 Å². The molecule has 0 aliphatic carbocycles. The maximum Gasteiger partial charge on any atom is 0.211 e. The van der Waals surface area contributed by atoms with Gasteiger partial charge in [-0.2, -0.15) is 0 Å². The Morgan fingerprint density at radius 3 is 2.92 bits per heavy atom. The number of aromatic nitrogens is 1. The summed E-state index contributed by atoms with van der Waals surface area (Å²) in [5.74, 6) is -0.329. The van der Waals surface area contributed by atoms with Crippen molar-refractivity contribution in [2.24, 2.45) is 0 Å². The topological polar surface area (TPSA) is 35.3 Å². The SMILES string of the molecule is COc1c(F)ccc2c(C)noc12. The molecule has 0 fully saturated rings. The Morgan fingerprint density at radius 1 is 1.46 bits per heavy atom. The van der Waals surface area contributed by atoms with Crippen LogP contribution >= 0.6 is 0 Å². The summed E-state index contributed by atoms with van der Waals surface area (Å²) in [5.41, 5.74) is 1.09. The Bertz CT molecular complexity index is 450. The molecule has 1 heterocycles. The number of halogens is 1. The minimum atomic E-state index is -0.439. The first-order valence-electron chi connectivity index (χ1n) is 3.82. The Labute approximate surface area is 74.1 Å². The predicted molar refractivity (Wildman–Crippen MR) is 45.3 cm³/mol. The van der Waals surface area contributed by atoms with Crippen molar-refractivity contribution in [3.63, 3.8) is 0 Å². The van der Waals surface area contributed by atoms with E-state index >= 15 is 0 Å². The van der Waals surface area contributed by atoms with Gasteiger partial charge in [0.2, 0.25) is 11.3 Å². The van der Waals surface area contributed by atoms with Gasteiger partial charge in [-0.05, 0) is 19.1 Å². The van der Waals surface area contributed by atoms with Gasteiger partial charge in [0, 0.05) is 5.39 Å². The molecule has 0 saturated carbocycles. The highest BCUT2D eigenvalue weighted by molar-refractivity contribution is 5.84. The second kappa shape index (κ2) is 2.73. The van der Waals surface area contributed by atoms with Gasteiger partial charge >= 0.3 is 0 Å². The molecule has 0 saturated heterocycles. The molecule has 0 radical (unpaired) electrons. The fourth-order valence-corrected chi connectivity index (χ4v) is 1.27. The molecule has 2 rings (SSSR count). The molecule has 1 aromatic carbocycles. The highest BCUT2D eigenvalue weighted by Gasteiger charge is 2.13. The number of hydrogen-bond acceptors (Lipinski definition) is 3.